The third kappa shape index (κ3) is 6.70. The molecule has 0 spiro atoms. The zero-order chi connectivity index (χ0) is 29.4. The molecule has 1 heterocycles. The van der Waals surface area contributed by atoms with E-state index in [0.717, 1.165) is 10.0 Å². The van der Waals surface area contributed by atoms with Gasteiger partial charge in [-0.3, -0.25) is 9.80 Å². The van der Waals surface area contributed by atoms with Crippen molar-refractivity contribution in [3.05, 3.63) is 81.0 Å². The molecule has 0 aliphatic carbocycles. The van der Waals surface area contributed by atoms with Crippen molar-refractivity contribution in [3.63, 3.8) is 0 Å². The van der Waals surface area contributed by atoms with Crippen molar-refractivity contribution in [2.75, 3.05) is 23.4 Å². The van der Waals surface area contributed by atoms with E-state index in [1.165, 1.54) is 6.07 Å². The molecule has 212 valence electrons. The maximum atomic E-state index is 13.8. The fraction of sp³-hybridized carbons (Fsp3) is 0.333. The van der Waals surface area contributed by atoms with Gasteiger partial charge in [0.15, 0.2) is 0 Å². The quantitative estimate of drug-likeness (QED) is 0.289. The molecule has 0 fully saturated rings. The highest BCUT2D eigenvalue weighted by molar-refractivity contribution is 9.10. The van der Waals surface area contributed by atoms with Gasteiger partial charge in [-0.05, 0) is 94.3 Å². The van der Waals surface area contributed by atoms with Crippen molar-refractivity contribution in [1.82, 2.24) is 4.90 Å². The predicted octanol–water partition coefficient (Wildman–Crippen LogP) is 8.54. The number of ether oxygens (including phenoxy) is 2. The van der Waals surface area contributed by atoms with Crippen molar-refractivity contribution in [2.45, 2.75) is 52.8 Å². The van der Waals surface area contributed by atoms with Gasteiger partial charge in [0.05, 0.1) is 24.0 Å². The summed E-state index contributed by atoms with van der Waals surface area (Å²) >= 11 is 10.0. The van der Waals surface area contributed by atoms with Gasteiger partial charge < -0.3 is 14.4 Å². The van der Waals surface area contributed by atoms with Crippen molar-refractivity contribution < 1.29 is 23.5 Å². The summed E-state index contributed by atoms with van der Waals surface area (Å²) in [6.45, 7) is 9.53. The first-order valence-corrected chi connectivity index (χ1v) is 14.0. The number of hydrogen-bond acceptors (Lipinski definition) is 4. The monoisotopic (exact) mass is 631 g/mol. The number of amides is 3. The third-order valence-corrected chi connectivity index (χ3v) is 7.16. The molecular weight excluding hydrogens is 601 g/mol. The Balaban J connectivity index is 1.53. The van der Waals surface area contributed by atoms with Crippen LogP contribution in [0.4, 0.5) is 25.4 Å². The van der Waals surface area contributed by atoms with E-state index in [9.17, 15) is 14.0 Å². The molecule has 0 radical (unpaired) electrons. The van der Waals surface area contributed by atoms with Gasteiger partial charge in [-0.1, -0.05) is 33.6 Å². The van der Waals surface area contributed by atoms with Crippen LogP contribution in [0.3, 0.4) is 0 Å². The zero-order valence-electron chi connectivity index (χ0n) is 23.3. The summed E-state index contributed by atoms with van der Waals surface area (Å²) in [5.74, 6) is 0.698. The van der Waals surface area contributed by atoms with Crippen LogP contribution in [0, 0.1) is 12.7 Å². The lowest BCUT2D eigenvalue weighted by Crippen LogP contribution is -2.55. The zero-order valence-corrected chi connectivity index (χ0v) is 25.6. The predicted molar refractivity (Wildman–Crippen MR) is 159 cm³/mol. The van der Waals surface area contributed by atoms with E-state index in [-0.39, 0.29) is 31.0 Å². The number of halogens is 3. The molecule has 4 rings (SSSR count). The first kappa shape index (κ1) is 29.7. The number of anilines is 2. The van der Waals surface area contributed by atoms with E-state index < -0.39 is 11.7 Å². The number of urea groups is 1. The van der Waals surface area contributed by atoms with E-state index in [1.54, 1.807) is 59.0 Å². The minimum Gasteiger partial charge on any atom is -0.457 e. The van der Waals surface area contributed by atoms with Crippen LogP contribution < -0.4 is 14.5 Å². The van der Waals surface area contributed by atoms with Crippen LogP contribution >= 0.6 is 27.5 Å². The average Bonchev–Trinajstić information content (AvgIpc) is 2.86. The van der Waals surface area contributed by atoms with Gasteiger partial charge >= 0.3 is 12.1 Å². The van der Waals surface area contributed by atoms with Gasteiger partial charge in [0.1, 0.15) is 22.9 Å². The largest absolute Gasteiger partial charge is 0.457 e. The van der Waals surface area contributed by atoms with E-state index in [4.69, 9.17) is 21.1 Å². The summed E-state index contributed by atoms with van der Waals surface area (Å²) in [6, 6.07) is 14.6. The van der Waals surface area contributed by atoms with Gasteiger partial charge in [-0.25, -0.2) is 14.0 Å². The lowest BCUT2D eigenvalue weighted by molar-refractivity contribution is 0.0576. The summed E-state index contributed by atoms with van der Waals surface area (Å²) < 4.78 is 25.8. The lowest BCUT2D eigenvalue weighted by Gasteiger charge is -2.42. The smallest absolute Gasteiger partial charge is 0.414 e. The SMILES string of the molecule is Cc1cc(Oc2ccc(CN(C)C(=O)N3c4ccc(Br)cc4N(C(=O)OC(C)(C)C)C[C@H]3C)c(Cl)c2)ccc1F. The second kappa shape index (κ2) is 11.7. The number of fused-ring (bicyclic) bond motifs is 1. The molecule has 40 heavy (non-hydrogen) atoms. The third-order valence-electron chi connectivity index (χ3n) is 6.32. The summed E-state index contributed by atoms with van der Waals surface area (Å²) in [7, 11) is 1.70. The van der Waals surface area contributed by atoms with Crippen LogP contribution in [0.2, 0.25) is 5.02 Å². The number of aryl methyl sites for hydroxylation is 1. The van der Waals surface area contributed by atoms with Crippen LogP contribution in [0.5, 0.6) is 11.5 Å². The van der Waals surface area contributed by atoms with Crippen LogP contribution in [-0.2, 0) is 11.3 Å². The second-order valence-corrected chi connectivity index (χ2v) is 12.2. The number of rotatable bonds is 4. The minimum absolute atomic E-state index is 0.238. The second-order valence-electron chi connectivity index (χ2n) is 10.8. The Morgan fingerprint density at radius 3 is 2.40 bits per heavy atom. The molecule has 1 atom stereocenters. The molecule has 7 nitrogen and oxygen atoms in total. The molecule has 1 aliphatic rings. The van der Waals surface area contributed by atoms with Crippen LogP contribution in [0.15, 0.2) is 59.1 Å². The molecule has 0 saturated carbocycles. The van der Waals surface area contributed by atoms with Crippen molar-refractivity contribution in [3.8, 4) is 11.5 Å². The fourth-order valence-electron chi connectivity index (χ4n) is 4.42. The lowest BCUT2D eigenvalue weighted by atomic mass is 10.1. The highest BCUT2D eigenvalue weighted by Crippen LogP contribution is 2.39. The number of carbonyl (C=O) groups excluding carboxylic acids is 2. The number of hydrogen-bond donors (Lipinski definition) is 0. The molecule has 0 unspecified atom stereocenters. The molecule has 3 aromatic carbocycles. The minimum atomic E-state index is -0.655. The Morgan fingerprint density at radius 2 is 1.75 bits per heavy atom. The van der Waals surface area contributed by atoms with Crippen LogP contribution in [-0.4, -0.2) is 42.3 Å². The molecule has 3 amide bonds. The topological polar surface area (TPSA) is 62.3 Å². The number of benzene rings is 3. The van der Waals surface area contributed by atoms with Crippen LogP contribution in [0.25, 0.3) is 0 Å². The molecule has 1 aliphatic heterocycles. The molecule has 0 bridgehead atoms. The number of carbonyl (C=O) groups is 2. The molecule has 0 aromatic heterocycles. The molecule has 0 N–H and O–H groups in total. The summed E-state index contributed by atoms with van der Waals surface area (Å²) in [6.07, 6.45) is -0.468. The van der Waals surface area contributed by atoms with Crippen LogP contribution in [0.1, 0.15) is 38.8 Å². The van der Waals surface area contributed by atoms with Gasteiger partial charge in [-0.15, -0.1) is 0 Å². The first-order chi connectivity index (χ1) is 18.7. The Bertz CT molecular complexity index is 1440. The molecular formula is C30H32BrClFN3O4. The maximum absolute atomic E-state index is 13.8. The Kier molecular flexibility index (Phi) is 8.66. The van der Waals surface area contributed by atoms with E-state index >= 15 is 0 Å². The van der Waals surface area contributed by atoms with Gasteiger partial charge in [0.2, 0.25) is 0 Å². The van der Waals surface area contributed by atoms with Gasteiger partial charge in [0, 0.05) is 23.1 Å². The van der Waals surface area contributed by atoms with E-state index in [2.05, 4.69) is 15.9 Å². The molecule has 3 aromatic rings. The number of nitrogens with zero attached hydrogens (tertiary/aromatic N) is 3. The van der Waals surface area contributed by atoms with Gasteiger partial charge in [-0.2, -0.15) is 0 Å². The fourth-order valence-corrected chi connectivity index (χ4v) is 5.00. The van der Waals surface area contributed by atoms with Gasteiger partial charge in [0.25, 0.3) is 0 Å². The van der Waals surface area contributed by atoms with E-state index in [0.29, 0.717) is 33.5 Å². The summed E-state index contributed by atoms with van der Waals surface area (Å²) in [5.41, 5.74) is 1.75. The van der Waals surface area contributed by atoms with Crippen molar-refractivity contribution in [2.24, 2.45) is 0 Å². The van der Waals surface area contributed by atoms with E-state index in [1.807, 2.05) is 45.9 Å². The molecule has 0 saturated heterocycles. The normalized spacial score (nSPS) is 15.0. The Hall–Kier alpha value is -3.30. The summed E-state index contributed by atoms with van der Waals surface area (Å²) in [4.78, 5) is 31.6. The van der Waals surface area contributed by atoms with Crippen molar-refractivity contribution >= 4 is 51.0 Å². The highest BCUT2D eigenvalue weighted by atomic mass is 79.9. The Morgan fingerprint density at radius 1 is 1.07 bits per heavy atom. The first-order valence-electron chi connectivity index (χ1n) is 12.8. The highest BCUT2D eigenvalue weighted by Gasteiger charge is 2.38. The average molecular weight is 633 g/mol. The molecule has 10 heteroatoms. The standard InChI is InChI=1S/C30H32BrClFN3O4/c1-18-13-22(10-11-25(18)33)39-23-9-7-20(24(32)15-23)17-34(6)28(37)36-19(2)16-35(29(38)40-30(3,4)5)27-14-21(31)8-12-26(27)36/h7-15,19H,16-17H2,1-6H3/t19-/m1/s1. The van der Waals surface area contributed by atoms with Crippen molar-refractivity contribution in [1.29, 1.82) is 0 Å². The summed E-state index contributed by atoms with van der Waals surface area (Å²) in [5, 5.41) is 0.433. The maximum Gasteiger partial charge on any atom is 0.414 e. The Labute approximate surface area is 247 Å².